The number of nitrogens with one attached hydrogen (secondary N) is 2. The van der Waals surface area contributed by atoms with Gasteiger partial charge in [-0.15, -0.1) is 0 Å². The Bertz CT molecular complexity index is 302. The number of carbonyl (C=O) groups is 2. The van der Waals surface area contributed by atoms with Gasteiger partial charge in [-0.05, 0) is 26.2 Å². The second-order valence-electron chi connectivity index (χ2n) is 4.24. The van der Waals surface area contributed by atoms with Crippen LogP contribution in [0, 0.1) is 5.92 Å². The average molecular weight is 240 g/mol. The standard InChI is InChI=1S/C12H20N2O3/c1-2-3-4-8-13-12(17)14-10-7-5-6-9(10)11(15)16/h2-3,9-10H,4-8H2,1H3,(H,15,16)(H2,13,14,17)/b3-2+. The Balaban J connectivity index is 2.28. The first-order valence-corrected chi connectivity index (χ1v) is 6.03. The number of aliphatic carboxylic acids is 1. The number of urea groups is 1. The van der Waals surface area contributed by atoms with Gasteiger partial charge >= 0.3 is 12.0 Å². The molecule has 0 aromatic heterocycles. The molecule has 2 unspecified atom stereocenters. The molecule has 0 aromatic carbocycles. The van der Waals surface area contributed by atoms with Gasteiger partial charge in [-0.2, -0.15) is 0 Å². The van der Waals surface area contributed by atoms with Gasteiger partial charge in [-0.3, -0.25) is 4.79 Å². The first kappa shape index (κ1) is 13.5. The van der Waals surface area contributed by atoms with E-state index in [0.29, 0.717) is 13.0 Å². The van der Waals surface area contributed by atoms with Gasteiger partial charge in [0.05, 0.1) is 5.92 Å². The molecule has 5 nitrogen and oxygen atoms in total. The molecular weight excluding hydrogens is 220 g/mol. The molecule has 5 heteroatoms. The zero-order valence-corrected chi connectivity index (χ0v) is 10.1. The molecule has 3 N–H and O–H groups in total. The summed E-state index contributed by atoms with van der Waals surface area (Å²) in [5.41, 5.74) is 0. The lowest BCUT2D eigenvalue weighted by molar-refractivity contribution is -0.142. The summed E-state index contributed by atoms with van der Waals surface area (Å²) in [6.07, 6.45) is 6.95. The third kappa shape index (κ3) is 4.46. The number of hydrogen-bond acceptors (Lipinski definition) is 2. The molecule has 0 aromatic rings. The zero-order chi connectivity index (χ0) is 12.7. The van der Waals surface area contributed by atoms with Crippen LogP contribution in [-0.2, 0) is 4.79 Å². The Morgan fingerprint density at radius 1 is 1.41 bits per heavy atom. The van der Waals surface area contributed by atoms with Crippen LogP contribution in [0.15, 0.2) is 12.2 Å². The van der Waals surface area contributed by atoms with Crippen molar-refractivity contribution in [1.29, 1.82) is 0 Å². The number of hydrogen-bond donors (Lipinski definition) is 3. The number of allylic oxidation sites excluding steroid dienone is 1. The number of amides is 2. The van der Waals surface area contributed by atoms with Crippen molar-refractivity contribution in [3.63, 3.8) is 0 Å². The molecular formula is C12H20N2O3. The van der Waals surface area contributed by atoms with Crippen molar-refractivity contribution in [2.45, 2.75) is 38.6 Å². The highest BCUT2D eigenvalue weighted by atomic mass is 16.4. The quantitative estimate of drug-likeness (QED) is 0.503. The first-order chi connectivity index (χ1) is 8.15. The van der Waals surface area contributed by atoms with Crippen molar-refractivity contribution in [3.8, 4) is 0 Å². The lowest BCUT2D eigenvalue weighted by atomic mass is 10.0. The van der Waals surface area contributed by atoms with Crippen LogP contribution in [0.25, 0.3) is 0 Å². The summed E-state index contributed by atoms with van der Waals surface area (Å²) in [4.78, 5) is 22.4. The van der Waals surface area contributed by atoms with E-state index in [0.717, 1.165) is 19.3 Å². The molecule has 1 aliphatic rings. The number of carboxylic acid groups (broad SMARTS) is 1. The minimum Gasteiger partial charge on any atom is -0.481 e. The van der Waals surface area contributed by atoms with Gasteiger partial charge in [0.25, 0.3) is 0 Å². The molecule has 0 bridgehead atoms. The van der Waals surface area contributed by atoms with Crippen molar-refractivity contribution < 1.29 is 14.7 Å². The van der Waals surface area contributed by atoms with Crippen LogP contribution in [0.2, 0.25) is 0 Å². The number of rotatable bonds is 5. The van der Waals surface area contributed by atoms with Crippen LogP contribution in [0.5, 0.6) is 0 Å². The molecule has 0 spiro atoms. The minimum atomic E-state index is -0.818. The second-order valence-corrected chi connectivity index (χ2v) is 4.24. The van der Waals surface area contributed by atoms with E-state index < -0.39 is 11.9 Å². The normalized spacial score (nSPS) is 23.8. The molecule has 96 valence electrons. The van der Waals surface area contributed by atoms with E-state index in [4.69, 9.17) is 5.11 Å². The van der Waals surface area contributed by atoms with E-state index in [2.05, 4.69) is 10.6 Å². The van der Waals surface area contributed by atoms with E-state index in [1.54, 1.807) is 0 Å². The fourth-order valence-corrected chi connectivity index (χ4v) is 2.08. The topological polar surface area (TPSA) is 78.4 Å². The maximum Gasteiger partial charge on any atom is 0.315 e. The van der Waals surface area contributed by atoms with E-state index in [9.17, 15) is 9.59 Å². The molecule has 1 rings (SSSR count). The maximum absolute atomic E-state index is 11.5. The molecule has 1 saturated carbocycles. The summed E-state index contributed by atoms with van der Waals surface area (Å²) in [6, 6.07) is -0.498. The van der Waals surface area contributed by atoms with Gasteiger partial charge in [-0.25, -0.2) is 4.79 Å². The number of carboxylic acids is 1. The summed E-state index contributed by atoms with van der Waals surface area (Å²) in [5.74, 6) is -1.25. The largest absolute Gasteiger partial charge is 0.481 e. The summed E-state index contributed by atoms with van der Waals surface area (Å²) in [6.45, 7) is 2.50. The highest BCUT2D eigenvalue weighted by molar-refractivity contribution is 5.77. The van der Waals surface area contributed by atoms with Gasteiger partial charge in [0.1, 0.15) is 0 Å². The van der Waals surface area contributed by atoms with Crippen LogP contribution in [0.3, 0.4) is 0 Å². The number of carbonyl (C=O) groups excluding carboxylic acids is 1. The fourth-order valence-electron chi connectivity index (χ4n) is 2.08. The van der Waals surface area contributed by atoms with Gasteiger partial charge in [-0.1, -0.05) is 18.6 Å². The van der Waals surface area contributed by atoms with Crippen LogP contribution in [0.1, 0.15) is 32.6 Å². The molecule has 0 aliphatic heterocycles. The summed E-state index contributed by atoms with van der Waals surface area (Å²) >= 11 is 0. The molecule has 1 aliphatic carbocycles. The third-order valence-electron chi connectivity index (χ3n) is 2.98. The predicted octanol–water partition coefficient (Wildman–Crippen LogP) is 1.51. The second kappa shape index (κ2) is 6.93. The molecule has 2 atom stereocenters. The maximum atomic E-state index is 11.5. The Morgan fingerprint density at radius 3 is 2.82 bits per heavy atom. The highest BCUT2D eigenvalue weighted by Gasteiger charge is 2.33. The predicted molar refractivity (Wildman–Crippen MR) is 64.7 cm³/mol. The Kier molecular flexibility index (Phi) is 5.52. The zero-order valence-electron chi connectivity index (χ0n) is 10.1. The smallest absolute Gasteiger partial charge is 0.315 e. The monoisotopic (exact) mass is 240 g/mol. The van der Waals surface area contributed by atoms with Gasteiger partial charge in [0, 0.05) is 12.6 Å². The average Bonchev–Trinajstić information content (AvgIpc) is 2.72. The van der Waals surface area contributed by atoms with Crippen molar-refractivity contribution in [2.24, 2.45) is 5.92 Å². The van der Waals surface area contributed by atoms with Crippen molar-refractivity contribution in [3.05, 3.63) is 12.2 Å². The van der Waals surface area contributed by atoms with Crippen molar-refractivity contribution in [1.82, 2.24) is 10.6 Å². The third-order valence-corrected chi connectivity index (χ3v) is 2.98. The summed E-state index contributed by atoms with van der Waals surface area (Å²) < 4.78 is 0. The van der Waals surface area contributed by atoms with Crippen molar-refractivity contribution in [2.75, 3.05) is 6.54 Å². The van der Waals surface area contributed by atoms with Crippen LogP contribution in [-0.4, -0.2) is 29.7 Å². The van der Waals surface area contributed by atoms with Gasteiger partial charge in [0.2, 0.25) is 0 Å². The Morgan fingerprint density at radius 2 is 2.18 bits per heavy atom. The summed E-state index contributed by atoms with van der Waals surface area (Å²) in [5, 5.41) is 14.4. The Hall–Kier alpha value is -1.52. The van der Waals surface area contributed by atoms with E-state index in [1.807, 2.05) is 19.1 Å². The minimum absolute atomic E-state index is 0.228. The lowest BCUT2D eigenvalue weighted by Crippen LogP contribution is -2.45. The molecule has 0 radical (unpaired) electrons. The molecule has 0 saturated heterocycles. The summed E-state index contributed by atoms with van der Waals surface area (Å²) in [7, 11) is 0. The van der Waals surface area contributed by atoms with Crippen LogP contribution < -0.4 is 10.6 Å². The fraction of sp³-hybridized carbons (Fsp3) is 0.667. The van der Waals surface area contributed by atoms with Crippen molar-refractivity contribution >= 4 is 12.0 Å². The van der Waals surface area contributed by atoms with Gasteiger partial charge in [0.15, 0.2) is 0 Å². The first-order valence-electron chi connectivity index (χ1n) is 6.03. The van der Waals surface area contributed by atoms with E-state index in [1.165, 1.54) is 0 Å². The SMILES string of the molecule is C/C=C/CCNC(=O)NC1CCCC1C(=O)O. The highest BCUT2D eigenvalue weighted by Crippen LogP contribution is 2.25. The molecule has 0 heterocycles. The van der Waals surface area contributed by atoms with Gasteiger partial charge < -0.3 is 15.7 Å². The molecule has 2 amide bonds. The molecule has 17 heavy (non-hydrogen) atoms. The van der Waals surface area contributed by atoms with E-state index in [-0.39, 0.29) is 12.1 Å². The molecule has 1 fully saturated rings. The van der Waals surface area contributed by atoms with Crippen LogP contribution in [0.4, 0.5) is 4.79 Å². The Labute approximate surface area is 101 Å². The van der Waals surface area contributed by atoms with E-state index >= 15 is 0 Å². The lowest BCUT2D eigenvalue weighted by Gasteiger charge is -2.17. The van der Waals surface area contributed by atoms with Crippen LogP contribution >= 0.6 is 0 Å².